The molecule has 4 atom stereocenters. The molecule has 1 aliphatic heterocycles. The van der Waals surface area contributed by atoms with Gasteiger partial charge in [0.1, 0.15) is 35.7 Å². The van der Waals surface area contributed by atoms with Gasteiger partial charge in [0, 0.05) is 25.2 Å². The summed E-state index contributed by atoms with van der Waals surface area (Å²) in [4.78, 5) is 47.1. The number of likely N-dealkylation sites (tertiary alicyclic amines) is 1. The Balaban J connectivity index is 1.80. The van der Waals surface area contributed by atoms with Gasteiger partial charge in [0.2, 0.25) is 17.7 Å². The molecule has 3 rings (SSSR count). The number of likely N-dealkylation sites (N-methyl/N-ethyl adjacent to an activating group) is 1. The van der Waals surface area contributed by atoms with Crippen LogP contribution in [-0.2, 0) is 14.3 Å². The van der Waals surface area contributed by atoms with Crippen molar-refractivity contribution in [2.75, 3.05) is 13.6 Å². The number of hydrogen-bond donors (Lipinski definition) is 2. The molecule has 0 radical (unpaired) electrons. The van der Waals surface area contributed by atoms with E-state index in [1.165, 1.54) is 11.9 Å². The number of benzene rings is 1. The smallest absolute Gasteiger partial charge is 0.410 e. The summed E-state index contributed by atoms with van der Waals surface area (Å²) in [5.74, 6) is -0.341. The van der Waals surface area contributed by atoms with Gasteiger partial charge in [0.25, 0.3) is 0 Å². The highest BCUT2D eigenvalue weighted by Crippen LogP contribution is 2.35. The van der Waals surface area contributed by atoms with E-state index in [0.29, 0.717) is 24.6 Å². The second-order valence-electron chi connectivity index (χ2n) is 12.0. The van der Waals surface area contributed by atoms with Crippen molar-refractivity contribution in [3.05, 3.63) is 42.5 Å². The predicted molar refractivity (Wildman–Crippen MR) is 144 cm³/mol. The van der Waals surface area contributed by atoms with E-state index < -0.39 is 41.1 Å². The van der Waals surface area contributed by atoms with E-state index in [1.54, 1.807) is 38.9 Å². The third-order valence-corrected chi connectivity index (χ3v) is 6.53. The van der Waals surface area contributed by atoms with Crippen LogP contribution in [0.4, 0.5) is 4.79 Å². The van der Waals surface area contributed by atoms with Crippen LogP contribution in [0.25, 0.3) is 11.3 Å². The molecule has 1 aromatic carbocycles. The van der Waals surface area contributed by atoms with Gasteiger partial charge in [-0.2, -0.15) is 0 Å². The Hall–Kier alpha value is -3.40. The zero-order valence-corrected chi connectivity index (χ0v) is 23.6. The number of hydrogen-bond acceptors (Lipinski definition) is 7. The average molecular weight is 528 g/mol. The van der Waals surface area contributed by atoms with Crippen molar-refractivity contribution in [3.8, 4) is 11.3 Å². The molecule has 0 spiro atoms. The zero-order valence-electron chi connectivity index (χ0n) is 23.6. The minimum absolute atomic E-state index is 0.260. The molecular weight excluding hydrogens is 486 g/mol. The molecule has 2 aromatic rings. The highest BCUT2D eigenvalue weighted by atomic mass is 16.6. The quantitative estimate of drug-likeness (QED) is 0.585. The van der Waals surface area contributed by atoms with Gasteiger partial charge in [-0.15, -0.1) is 0 Å². The first-order valence-corrected chi connectivity index (χ1v) is 12.9. The molecule has 1 saturated heterocycles. The summed E-state index contributed by atoms with van der Waals surface area (Å²) in [5.41, 5.74) is 6.54. The van der Waals surface area contributed by atoms with Crippen LogP contribution in [0, 0.1) is 5.41 Å². The molecule has 2 heterocycles. The highest BCUT2D eigenvalue weighted by molar-refractivity contribution is 5.92. The van der Waals surface area contributed by atoms with Crippen molar-refractivity contribution in [2.24, 2.45) is 11.1 Å². The molecule has 38 heavy (non-hydrogen) atoms. The van der Waals surface area contributed by atoms with Gasteiger partial charge in [0.05, 0.1) is 0 Å². The number of amides is 3. The monoisotopic (exact) mass is 527 g/mol. The number of nitrogens with one attached hydrogen (secondary N) is 1. The Morgan fingerprint density at radius 1 is 1.16 bits per heavy atom. The maximum absolute atomic E-state index is 13.9. The maximum Gasteiger partial charge on any atom is 0.410 e. The van der Waals surface area contributed by atoms with Crippen molar-refractivity contribution < 1.29 is 23.5 Å². The van der Waals surface area contributed by atoms with Gasteiger partial charge in [-0.1, -0.05) is 51.1 Å². The summed E-state index contributed by atoms with van der Waals surface area (Å²) in [7, 11) is 1.49. The van der Waals surface area contributed by atoms with E-state index in [1.807, 2.05) is 51.1 Å². The molecule has 0 bridgehead atoms. The van der Waals surface area contributed by atoms with Crippen LogP contribution in [0.2, 0.25) is 0 Å². The molecule has 208 valence electrons. The van der Waals surface area contributed by atoms with Crippen molar-refractivity contribution in [1.29, 1.82) is 0 Å². The first kappa shape index (κ1) is 29.2. The summed E-state index contributed by atoms with van der Waals surface area (Å²) < 4.78 is 11.2. The molecular formula is C28H41N5O5. The van der Waals surface area contributed by atoms with Crippen molar-refractivity contribution in [1.82, 2.24) is 20.1 Å². The Morgan fingerprint density at radius 2 is 1.79 bits per heavy atom. The number of carbonyl (C=O) groups excluding carboxylic acids is 3. The second kappa shape index (κ2) is 11.1. The zero-order chi connectivity index (χ0) is 28.4. The molecule has 3 N–H and O–H groups in total. The molecule has 1 aliphatic rings. The van der Waals surface area contributed by atoms with Crippen LogP contribution in [-0.4, -0.2) is 70.0 Å². The average Bonchev–Trinajstić information content (AvgIpc) is 3.46. The SMILES string of the molecule is C[C@@H](C(=O)N[C@H](C(=O)N1C[C@@H](N)C[C@H]1c1nc(-c2ccccc2)co1)C(C)(C)C)N(C)C(=O)OC(C)(C)C. The summed E-state index contributed by atoms with van der Waals surface area (Å²) in [5, 5.41) is 2.88. The molecule has 10 heteroatoms. The number of oxazole rings is 1. The fraction of sp³-hybridized carbons (Fsp3) is 0.571. The molecule has 1 aromatic heterocycles. The fourth-order valence-electron chi connectivity index (χ4n) is 4.27. The number of rotatable bonds is 6. The topological polar surface area (TPSA) is 131 Å². The van der Waals surface area contributed by atoms with Crippen LogP contribution in [0.1, 0.15) is 66.8 Å². The number of ether oxygens (including phenoxy) is 1. The van der Waals surface area contributed by atoms with E-state index in [9.17, 15) is 14.4 Å². The molecule has 0 saturated carbocycles. The maximum atomic E-state index is 13.9. The van der Waals surface area contributed by atoms with Crippen LogP contribution < -0.4 is 11.1 Å². The Morgan fingerprint density at radius 3 is 2.37 bits per heavy atom. The second-order valence-corrected chi connectivity index (χ2v) is 12.0. The van der Waals surface area contributed by atoms with Gasteiger partial charge >= 0.3 is 6.09 Å². The number of carbonyl (C=O) groups is 3. The van der Waals surface area contributed by atoms with Crippen LogP contribution in [0.5, 0.6) is 0 Å². The Kier molecular flexibility index (Phi) is 8.55. The molecule has 3 amide bonds. The standard InChI is InChI=1S/C28H41N5O5/c1-17(32(8)26(36)38-28(5,6)7)23(34)31-22(27(2,3)4)25(35)33-15-19(29)14-21(33)24-30-20(16-37-24)18-12-10-9-11-13-18/h9-13,16-17,19,21-22H,14-15,29H2,1-8H3,(H,31,34)/t17-,19-,21-,22+/m0/s1. The van der Waals surface area contributed by atoms with Crippen molar-refractivity contribution >= 4 is 17.9 Å². The number of aromatic nitrogens is 1. The van der Waals surface area contributed by atoms with Crippen molar-refractivity contribution in [3.63, 3.8) is 0 Å². The highest BCUT2D eigenvalue weighted by Gasteiger charge is 2.44. The van der Waals surface area contributed by atoms with E-state index in [0.717, 1.165) is 5.56 Å². The lowest BCUT2D eigenvalue weighted by Crippen LogP contribution is -2.58. The Labute approximate surface area is 224 Å². The van der Waals surface area contributed by atoms with Gasteiger partial charge < -0.3 is 25.1 Å². The van der Waals surface area contributed by atoms with E-state index in [2.05, 4.69) is 10.3 Å². The number of nitrogens with zero attached hydrogens (tertiary/aromatic N) is 3. The van der Waals surface area contributed by atoms with Gasteiger partial charge in [0.15, 0.2) is 0 Å². The minimum atomic E-state index is -0.874. The van der Waals surface area contributed by atoms with E-state index in [4.69, 9.17) is 14.9 Å². The minimum Gasteiger partial charge on any atom is -0.446 e. The summed E-state index contributed by atoms with van der Waals surface area (Å²) in [6, 6.07) is 7.18. The third kappa shape index (κ3) is 6.92. The van der Waals surface area contributed by atoms with Gasteiger partial charge in [-0.25, -0.2) is 9.78 Å². The third-order valence-electron chi connectivity index (χ3n) is 6.53. The van der Waals surface area contributed by atoms with Crippen molar-refractivity contribution in [2.45, 2.75) is 84.7 Å². The van der Waals surface area contributed by atoms with Crippen LogP contribution >= 0.6 is 0 Å². The molecule has 0 unspecified atom stereocenters. The van der Waals surface area contributed by atoms with Gasteiger partial charge in [-0.05, 0) is 39.5 Å². The predicted octanol–water partition coefficient (Wildman–Crippen LogP) is 3.73. The first-order chi connectivity index (χ1) is 17.6. The normalized spacial score (nSPS) is 19.6. The first-order valence-electron chi connectivity index (χ1n) is 12.9. The van der Waals surface area contributed by atoms with Crippen LogP contribution in [0.3, 0.4) is 0 Å². The van der Waals surface area contributed by atoms with Gasteiger partial charge in [-0.3, -0.25) is 14.5 Å². The lowest BCUT2D eigenvalue weighted by atomic mass is 9.85. The lowest BCUT2D eigenvalue weighted by molar-refractivity contribution is -0.141. The molecule has 1 fully saturated rings. The fourth-order valence-corrected chi connectivity index (χ4v) is 4.27. The lowest BCUT2D eigenvalue weighted by Gasteiger charge is -2.36. The Bertz CT molecular complexity index is 1130. The molecule has 10 nitrogen and oxygen atoms in total. The summed E-state index contributed by atoms with van der Waals surface area (Å²) >= 11 is 0. The summed E-state index contributed by atoms with van der Waals surface area (Å²) in [6.45, 7) is 12.8. The number of nitrogens with two attached hydrogens (primary N) is 1. The van der Waals surface area contributed by atoms with E-state index >= 15 is 0 Å². The van der Waals surface area contributed by atoms with E-state index in [-0.39, 0.29) is 11.9 Å². The van der Waals surface area contributed by atoms with Crippen LogP contribution in [0.15, 0.2) is 41.0 Å². The molecule has 0 aliphatic carbocycles. The summed E-state index contributed by atoms with van der Waals surface area (Å²) in [6.07, 6.45) is 1.44. The largest absolute Gasteiger partial charge is 0.446 e.